The highest BCUT2D eigenvalue weighted by molar-refractivity contribution is 6.31. The van der Waals surface area contributed by atoms with E-state index in [4.69, 9.17) is 16.3 Å². The summed E-state index contributed by atoms with van der Waals surface area (Å²) >= 11 is 5.81. The molecule has 0 aliphatic carbocycles. The molecule has 1 N–H and O–H groups in total. The Morgan fingerprint density at radius 1 is 1.25 bits per heavy atom. The molecule has 0 radical (unpaired) electrons. The molecule has 2 aromatic rings. The molecule has 1 unspecified atom stereocenters. The van der Waals surface area contributed by atoms with Crippen molar-refractivity contribution in [2.75, 3.05) is 0 Å². The average Bonchev–Trinajstić information content (AvgIpc) is 2.40. The normalized spacial score (nSPS) is 12.2. The quantitative estimate of drug-likeness (QED) is 0.914. The van der Waals surface area contributed by atoms with Crippen molar-refractivity contribution < 1.29 is 18.6 Å². The summed E-state index contributed by atoms with van der Waals surface area (Å²) in [4.78, 5) is 0. The zero-order chi connectivity index (χ0) is 14.7. The van der Waals surface area contributed by atoms with Crippen molar-refractivity contribution in [3.8, 4) is 5.75 Å². The van der Waals surface area contributed by atoms with E-state index in [1.165, 1.54) is 30.3 Å². The third-order valence-corrected chi connectivity index (χ3v) is 3.26. The average molecular weight is 299 g/mol. The van der Waals surface area contributed by atoms with Crippen LogP contribution in [-0.2, 0) is 6.61 Å². The van der Waals surface area contributed by atoms with E-state index in [1.54, 1.807) is 13.0 Å². The maximum Gasteiger partial charge on any atom is 0.142 e. The zero-order valence-corrected chi connectivity index (χ0v) is 11.5. The van der Waals surface area contributed by atoms with Gasteiger partial charge in [0.15, 0.2) is 0 Å². The molecule has 0 aliphatic heterocycles. The van der Waals surface area contributed by atoms with Crippen molar-refractivity contribution in [1.29, 1.82) is 0 Å². The minimum atomic E-state index is -0.798. The van der Waals surface area contributed by atoms with Crippen LogP contribution in [0.5, 0.6) is 5.75 Å². The lowest BCUT2D eigenvalue weighted by atomic mass is 10.1. The summed E-state index contributed by atoms with van der Waals surface area (Å²) in [5, 5.41) is 9.58. The van der Waals surface area contributed by atoms with Gasteiger partial charge in [0.25, 0.3) is 0 Å². The first-order valence-electron chi connectivity index (χ1n) is 6.02. The molecular formula is C15H13ClF2O2. The van der Waals surface area contributed by atoms with Crippen LogP contribution in [0.25, 0.3) is 0 Å². The van der Waals surface area contributed by atoms with Gasteiger partial charge in [0.05, 0.1) is 11.1 Å². The number of benzene rings is 2. The molecule has 106 valence electrons. The molecule has 5 heteroatoms. The van der Waals surface area contributed by atoms with Crippen molar-refractivity contribution >= 4 is 11.6 Å². The number of hydrogen-bond donors (Lipinski definition) is 1. The largest absolute Gasteiger partial charge is 0.488 e. The van der Waals surface area contributed by atoms with Crippen LogP contribution in [0.15, 0.2) is 36.4 Å². The third kappa shape index (κ3) is 3.26. The van der Waals surface area contributed by atoms with Gasteiger partial charge in [0.1, 0.15) is 24.0 Å². The highest BCUT2D eigenvalue weighted by Gasteiger charge is 2.12. The Hall–Kier alpha value is -1.65. The number of hydrogen-bond acceptors (Lipinski definition) is 2. The van der Waals surface area contributed by atoms with E-state index < -0.39 is 17.7 Å². The predicted octanol–water partition coefficient (Wildman–Crippen LogP) is 4.25. The van der Waals surface area contributed by atoms with E-state index in [0.29, 0.717) is 11.1 Å². The predicted molar refractivity (Wildman–Crippen MR) is 72.8 cm³/mol. The molecule has 0 aliphatic rings. The monoisotopic (exact) mass is 298 g/mol. The Labute approximate surface area is 120 Å². The van der Waals surface area contributed by atoms with Crippen LogP contribution in [0.1, 0.15) is 24.2 Å². The lowest BCUT2D eigenvalue weighted by molar-refractivity contribution is 0.190. The summed E-state index contributed by atoms with van der Waals surface area (Å²) in [6, 6.07) is 8.24. The second-order valence-electron chi connectivity index (χ2n) is 4.36. The molecule has 0 fully saturated rings. The maximum absolute atomic E-state index is 13.3. The van der Waals surface area contributed by atoms with E-state index in [0.717, 1.165) is 0 Å². The van der Waals surface area contributed by atoms with Crippen LogP contribution in [0, 0.1) is 11.6 Å². The van der Waals surface area contributed by atoms with Gasteiger partial charge in [0, 0.05) is 17.2 Å². The lowest BCUT2D eigenvalue weighted by Gasteiger charge is -2.14. The van der Waals surface area contributed by atoms with Crippen LogP contribution in [0.3, 0.4) is 0 Å². The fourth-order valence-corrected chi connectivity index (χ4v) is 1.97. The minimum absolute atomic E-state index is 0.0141. The van der Waals surface area contributed by atoms with Crippen LogP contribution >= 0.6 is 11.6 Å². The number of rotatable bonds is 4. The molecule has 2 nitrogen and oxygen atoms in total. The summed E-state index contributed by atoms with van der Waals surface area (Å²) in [6.07, 6.45) is -0.798. The first-order chi connectivity index (χ1) is 9.49. The summed E-state index contributed by atoms with van der Waals surface area (Å²) in [5.41, 5.74) is 0.909. The smallest absolute Gasteiger partial charge is 0.142 e. The summed E-state index contributed by atoms with van der Waals surface area (Å²) < 4.78 is 32.0. The standard InChI is InChI=1S/C15H13ClF2O2/c1-9(19)12-6-5-11(17)7-14(12)20-8-10-3-2-4-13(18)15(10)16/h2-7,9,19H,8H2,1H3. The molecule has 0 aromatic heterocycles. The molecule has 2 rings (SSSR count). The Balaban J connectivity index is 2.22. The maximum atomic E-state index is 13.3. The van der Waals surface area contributed by atoms with Crippen molar-refractivity contribution in [3.05, 3.63) is 64.2 Å². The van der Waals surface area contributed by atoms with Crippen molar-refractivity contribution in [2.45, 2.75) is 19.6 Å². The molecule has 2 aromatic carbocycles. The Morgan fingerprint density at radius 2 is 2.00 bits per heavy atom. The third-order valence-electron chi connectivity index (χ3n) is 2.84. The van der Waals surface area contributed by atoms with E-state index in [2.05, 4.69) is 0 Å². The Kier molecular flexibility index (Phi) is 4.57. The molecule has 1 atom stereocenters. The SMILES string of the molecule is CC(O)c1ccc(F)cc1OCc1cccc(F)c1Cl. The minimum Gasteiger partial charge on any atom is -0.488 e. The molecule has 0 spiro atoms. The molecule has 0 saturated heterocycles. The van der Waals surface area contributed by atoms with E-state index in [1.807, 2.05) is 0 Å². The molecular weight excluding hydrogens is 286 g/mol. The number of aliphatic hydroxyl groups excluding tert-OH is 1. The molecule has 0 heterocycles. The number of ether oxygens (including phenoxy) is 1. The van der Waals surface area contributed by atoms with Gasteiger partial charge in [-0.25, -0.2) is 8.78 Å². The van der Waals surface area contributed by atoms with E-state index >= 15 is 0 Å². The molecule has 0 saturated carbocycles. The Bertz CT molecular complexity index is 615. The van der Waals surface area contributed by atoms with E-state index in [-0.39, 0.29) is 17.4 Å². The topological polar surface area (TPSA) is 29.5 Å². The Morgan fingerprint density at radius 3 is 2.70 bits per heavy atom. The fraction of sp³-hybridized carbons (Fsp3) is 0.200. The lowest BCUT2D eigenvalue weighted by Crippen LogP contribution is -2.02. The van der Waals surface area contributed by atoms with Gasteiger partial charge in [-0.2, -0.15) is 0 Å². The van der Waals surface area contributed by atoms with Crippen molar-refractivity contribution in [2.24, 2.45) is 0 Å². The van der Waals surface area contributed by atoms with E-state index in [9.17, 15) is 13.9 Å². The summed E-state index contributed by atoms with van der Waals surface area (Å²) in [5.74, 6) is -0.808. The second-order valence-corrected chi connectivity index (χ2v) is 4.74. The first-order valence-corrected chi connectivity index (χ1v) is 6.40. The van der Waals surface area contributed by atoms with Gasteiger partial charge in [0.2, 0.25) is 0 Å². The number of aliphatic hydroxyl groups is 1. The van der Waals surface area contributed by atoms with Gasteiger partial charge in [-0.15, -0.1) is 0 Å². The second kappa shape index (κ2) is 6.20. The van der Waals surface area contributed by atoms with Crippen LogP contribution < -0.4 is 4.74 Å². The van der Waals surface area contributed by atoms with Crippen LogP contribution in [-0.4, -0.2) is 5.11 Å². The van der Waals surface area contributed by atoms with Crippen molar-refractivity contribution in [1.82, 2.24) is 0 Å². The zero-order valence-electron chi connectivity index (χ0n) is 10.7. The van der Waals surface area contributed by atoms with Gasteiger partial charge in [-0.3, -0.25) is 0 Å². The highest BCUT2D eigenvalue weighted by Crippen LogP contribution is 2.28. The molecule has 0 amide bonds. The van der Waals surface area contributed by atoms with Gasteiger partial charge >= 0.3 is 0 Å². The van der Waals surface area contributed by atoms with Crippen LogP contribution in [0.4, 0.5) is 8.78 Å². The first kappa shape index (κ1) is 14.8. The highest BCUT2D eigenvalue weighted by atomic mass is 35.5. The fourth-order valence-electron chi connectivity index (χ4n) is 1.79. The molecule has 20 heavy (non-hydrogen) atoms. The summed E-state index contributed by atoms with van der Waals surface area (Å²) in [7, 11) is 0. The van der Waals surface area contributed by atoms with Gasteiger partial charge in [-0.05, 0) is 25.1 Å². The van der Waals surface area contributed by atoms with Crippen LogP contribution in [0.2, 0.25) is 5.02 Å². The van der Waals surface area contributed by atoms with Gasteiger partial charge in [-0.1, -0.05) is 23.7 Å². The van der Waals surface area contributed by atoms with Gasteiger partial charge < -0.3 is 9.84 Å². The summed E-state index contributed by atoms with van der Waals surface area (Å²) in [6.45, 7) is 1.54. The molecule has 0 bridgehead atoms. The van der Waals surface area contributed by atoms with Crippen molar-refractivity contribution in [3.63, 3.8) is 0 Å². The number of halogens is 3.